The van der Waals surface area contributed by atoms with Crippen LogP contribution in [0.4, 0.5) is 4.79 Å². The summed E-state index contributed by atoms with van der Waals surface area (Å²) in [4.78, 5) is 28.0. The summed E-state index contributed by atoms with van der Waals surface area (Å²) in [6, 6.07) is 14.5. The van der Waals surface area contributed by atoms with Gasteiger partial charge >= 0.3 is 6.03 Å². The van der Waals surface area contributed by atoms with Gasteiger partial charge in [-0.25, -0.2) is 4.79 Å². The van der Waals surface area contributed by atoms with Crippen LogP contribution in [0.5, 0.6) is 0 Å². The second-order valence-electron chi connectivity index (χ2n) is 12.5. The van der Waals surface area contributed by atoms with Crippen LogP contribution >= 0.6 is 0 Å². The van der Waals surface area contributed by atoms with Crippen molar-refractivity contribution in [1.82, 2.24) is 25.3 Å². The maximum Gasteiger partial charge on any atom is 0.318 e. The van der Waals surface area contributed by atoms with Gasteiger partial charge in [-0.1, -0.05) is 56.3 Å². The maximum atomic E-state index is 13.1. The van der Waals surface area contributed by atoms with E-state index < -0.39 is 0 Å². The third kappa shape index (κ3) is 6.35. The number of nitrogens with zero attached hydrogens (tertiary/aromatic N) is 3. The molecule has 2 heterocycles. The highest BCUT2D eigenvalue weighted by Gasteiger charge is 2.43. The number of carbonyl (C=O) groups excluding carboxylic acids is 2. The van der Waals surface area contributed by atoms with Gasteiger partial charge in [-0.05, 0) is 73.3 Å². The molecule has 2 atom stereocenters. The molecule has 39 heavy (non-hydrogen) atoms. The van der Waals surface area contributed by atoms with Gasteiger partial charge in [-0.15, -0.1) is 0 Å². The van der Waals surface area contributed by atoms with Crippen LogP contribution in [0.3, 0.4) is 0 Å². The number of carbonyl (C=O) groups is 2. The zero-order valence-corrected chi connectivity index (χ0v) is 23.8. The number of aromatic nitrogens is 2. The first-order valence-electron chi connectivity index (χ1n) is 14.1. The average Bonchev–Trinajstić information content (AvgIpc) is 3.57. The number of hydrogen-bond acceptors (Lipinski definition) is 3. The number of rotatable bonds is 7. The lowest BCUT2D eigenvalue weighted by atomic mass is 9.88. The van der Waals surface area contributed by atoms with Gasteiger partial charge in [0.05, 0.1) is 6.20 Å². The molecule has 1 aromatic heterocycles. The van der Waals surface area contributed by atoms with Crippen molar-refractivity contribution >= 4 is 11.9 Å². The van der Waals surface area contributed by atoms with Crippen LogP contribution in [0, 0.1) is 11.8 Å². The molecule has 2 N–H and O–H groups in total. The quantitative estimate of drug-likeness (QED) is 0.426. The Hall–Kier alpha value is -3.61. The minimum Gasteiger partial charge on any atom is -0.352 e. The summed E-state index contributed by atoms with van der Waals surface area (Å²) in [5.41, 5.74) is 6.64. The van der Waals surface area contributed by atoms with Crippen molar-refractivity contribution in [3.05, 3.63) is 77.1 Å². The van der Waals surface area contributed by atoms with Crippen LogP contribution in [0.25, 0.3) is 11.1 Å². The number of amides is 3. The molecule has 0 radical (unpaired) electrons. The van der Waals surface area contributed by atoms with Gasteiger partial charge < -0.3 is 15.5 Å². The Morgan fingerprint density at radius 3 is 2.56 bits per heavy atom. The van der Waals surface area contributed by atoms with E-state index in [-0.39, 0.29) is 23.4 Å². The van der Waals surface area contributed by atoms with Crippen molar-refractivity contribution in [2.24, 2.45) is 11.8 Å². The minimum absolute atomic E-state index is 0.0309. The summed E-state index contributed by atoms with van der Waals surface area (Å²) in [6.07, 6.45) is 5.72. The predicted octanol–water partition coefficient (Wildman–Crippen LogP) is 5.49. The lowest BCUT2D eigenvalue weighted by Gasteiger charge is -2.34. The molecular formula is C32H41N5O2. The second-order valence-corrected chi connectivity index (χ2v) is 12.5. The highest BCUT2D eigenvalue weighted by molar-refractivity contribution is 5.83. The Labute approximate surface area is 232 Å². The zero-order chi connectivity index (χ0) is 27.7. The molecule has 1 aliphatic carbocycles. The Balaban J connectivity index is 1.37. The lowest BCUT2D eigenvalue weighted by Crippen LogP contribution is -2.50. The average molecular weight is 528 g/mol. The Morgan fingerprint density at radius 1 is 1.08 bits per heavy atom. The van der Waals surface area contributed by atoms with E-state index in [4.69, 9.17) is 0 Å². The van der Waals surface area contributed by atoms with Gasteiger partial charge in [0.1, 0.15) is 0 Å². The Kier molecular flexibility index (Phi) is 7.52. The van der Waals surface area contributed by atoms with Crippen molar-refractivity contribution in [2.75, 3.05) is 6.54 Å². The summed E-state index contributed by atoms with van der Waals surface area (Å²) in [6.45, 7) is 12.9. The predicted molar refractivity (Wildman–Crippen MR) is 154 cm³/mol. The van der Waals surface area contributed by atoms with Gasteiger partial charge in [-0.2, -0.15) is 5.10 Å². The summed E-state index contributed by atoms with van der Waals surface area (Å²) < 4.78 is 2.01. The molecule has 1 unspecified atom stereocenters. The van der Waals surface area contributed by atoms with E-state index in [1.165, 1.54) is 11.1 Å². The zero-order valence-electron chi connectivity index (χ0n) is 23.8. The molecule has 2 aliphatic rings. The first kappa shape index (κ1) is 27.0. The summed E-state index contributed by atoms with van der Waals surface area (Å²) in [5.74, 6) is 0.958. The highest BCUT2D eigenvalue weighted by atomic mass is 16.2. The van der Waals surface area contributed by atoms with Gasteiger partial charge in [0, 0.05) is 49.4 Å². The van der Waals surface area contributed by atoms with Crippen LogP contribution in [0.15, 0.2) is 54.9 Å². The summed E-state index contributed by atoms with van der Waals surface area (Å²) >= 11 is 0. The van der Waals surface area contributed by atoms with Crippen LogP contribution in [0.2, 0.25) is 0 Å². The van der Waals surface area contributed by atoms with Crippen LogP contribution in [0.1, 0.15) is 69.2 Å². The van der Waals surface area contributed by atoms with Crippen molar-refractivity contribution in [3.8, 4) is 11.1 Å². The number of hydrogen-bond donors (Lipinski definition) is 2. The van der Waals surface area contributed by atoms with Crippen LogP contribution in [-0.2, 0) is 30.8 Å². The molecule has 3 amide bonds. The molecule has 0 bridgehead atoms. The number of fused-ring (bicyclic) bond motifs is 1. The standard InChI is InChI=1S/C32H41N5O2/c1-21(2)18-37-19-24(17-34-37)25-12-11-23(16-33-30(38)28-15-27(28)22-9-7-6-8-10-22)29-20-36(14-13-26(25)29)31(39)35-32(3,4)5/h6-12,17,19,21,27-28H,13-16,18,20H2,1-5H3,(H,33,38)(H,35,39)/t27-,28?/m1/s1. The van der Waals surface area contributed by atoms with E-state index in [0.29, 0.717) is 31.5 Å². The number of urea groups is 1. The van der Waals surface area contributed by atoms with Gasteiger partial charge in [0.15, 0.2) is 0 Å². The molecular weight excluding hydrogens is 486 g/mol. The smallest absolute Gasteiger partial charge is 0.318 e. The van der Waals surface area contributed by atoms with Crippen molar-refractivity contribution in [3.63, 3.8) is 0 Å². The number of nitrogens with one attached hydrogen (secondary N) is 2. The van der Waals surface area contributed by atoms with Gasteiger partial charge in [0.25, 0.3) is 0 Å². The third-order valence-electron chi connectivity index (χ3n) is 7.58. The molecule has 5 rings (SSSR count). The fourth-order valence-electron chi connectivity index (χ4n) is 5.59. The third-order valence-corrected chi connectivity index (χ3v) is 7.58. The summed E-state index contributed by atoms with van der Waals surface area (Å²) in [7, 11) is 0. The van der Waals surface area contributed by atoms with E-state index in [1.807, 2.05) is 54.7 Å². The Morgan fingerprint density at radius 2 is 1.85 bits per heavy atom. The SMILES string of the molecule is CC(C)Cn1cc(-c2ccc(CNC(=O)C3C[C@@H]3c3ccccc3)c3c2CCN(C(=O)NC(C)(C)C)C3)cn1. The normalized spacial score (nSPS) is 18.6. The first-order valence-corrected chi connectivity index (χ1v) is 14.1. The molecule has 1 aliphatic heterocycles. The molecule has 2 aromatic carbocycles. The molecule has 3 aromatic rings. The summed E-state index contributed by atoms with van der Waals surface area (Å²) in [5, 5.41) is 10.9. The van der Waals surface area contributed by atoms with E-state index in [9.17, 15) is 9.59 Å². The van der Waals surface area contributed by atoms with Gasteiger partial charge in [0.2, 0.25) is 5.91 Å². The van der Waals surface area contributed by atoms with E-state index in [2.05, 4.69) is 60.0 Å². The van der Waals surface area contributed by atoms with E-state index in [1.54, 1.807) is 0 Å². The maximum absolute atomic E-state index is 13.1. The van der Waals surface area contributed by atoms with E-state index in [0.717, 1.165) is 41.6 Å². The molecule has 7 nitrogen and oxygen atoms in total. The monoisotopic (exact) mass is 527 g/mol. The largest absolute Gasteiger partial charge is 0.352 e. The first-order chi connectivity index (χ1) is 18.6. The molecule has 0 spiro atoms. The lowest BCUT2D eigenvalue weighted by molar-refractivity contribution is -0.122. The Bertz CT molecular complexity index is 1340. The minimum atomic E-state index is -0.305. The number of benzene rings is 2. The van der Waals surface area contributed by atoms with Crippen molar-refractivity contribution in [2.45, 2.75) is 78.6 Å². The van der Waals surface area contributed by atoms with Crippen LogP contribution < -0.4 is 10.6 Å². The molecule has 0 saturated heterocycles. The molecule has 1 saturated carbocycles. The second kappa shape index (κ2) is 10.9. The molecule has 206 valence electrons. The van der Waals surface area contributed by atoms with Gasteiger partial charge in [-0.3, -0.25) is 9.48 Å². The highest BCUT2D eigenvalue weighted by Crippen LogP contribution is 2.47. The molecule has 1 fully saturated rings. The van der Waals surface area contributed by atoms with Crippen molar-refractivity contribution < 1.29 is 9.59 Å². The fourth-order valence-corrected chi connectivity index (χ4v) is 5.59. The topological polar surface area (TPSA) is 79.3 Å². The molecule has 7 heteroatoms. The van der Waals surface area contributed by atoms with E-state index >= 15 is 0 Å². The fraction of sp³-hybridized carbons (Fsp3) is 0.469. The van der Waals surface area contributed by atoms with Crippen molar-refractivity contribution in [1.29, 1.82) is 0 Å². The van der Waals surface area contributed by atoms with Crippen LogP contribution in [-0.4, -0.2) is 38.7 Å².